The number of ether oxygens (including phenoxy) is 3. The van der Waals surface area contributed by atoms with Crippen LogP contribution in [-0.4, -0.2) is 30.1 Å². The second-order valence-corrected chi connectivity index (χ2v) is 8.07. The summed E-state index contributed by atoms with van der Waals surface area (Å²) >= 11 is 0. The van der Waals surface area contributed by atoms with E-state index >= 15 is 0 Å². The summed E-state index contributed by atoms with van der Waals surface area (Å²) in [5.41, 5.74) is -0.641. The first-order valence-corrected chi connectivity index (χ1v) is 9.65. The smallest absolute Gasteiger partial charge is 0.340 e. The molecule has 1 saturated heterocycles. The molecular weight excluding hydrogens is 360 g/mol. The highest BCUT2D eigenvalue weighted by Gasteiger charge is 2.68. The predicted octanol–water partition coefficient (Wildman–Crippen LogP) is 4.10. The van der Waals surface area contributed by atoms with Crippen LogP contribution in [-0.2, 0) is 9.47 Å². The van der Waals surface area contributed by atoms with Crippen molar-refractivity contribution >= 4 is 5.97 Å². The van der Waals surface area contributed by atoms with Crippen LogP contribution in [0.4, 0.5) is 0 Å². The highest BCUT2D eigenvalue weighted by atomic mass is 16.7. The highest BCUT2D eigenvalue weighted by Crippen LogP contribution is 2.62. The summed E-state index contributed by atoms with van der Waals surface area (Å²) in [6.07, 6.45) is 4.36. The van der Waals surface area contributed by atoms with Crippen LogP contribution in [0, 0.1) is 11.3 Å². The molecule has 0 bridgehead atoms. The summed E-state index contributed by atoms with van der Waals surface area (Å²) in [7, 11) is 1.57. The molecule has 5 atom stereocenters. The largest absolute Gasteiger partial charge is 0.497 e. The number of hydrogen-bond acceptors (Lipinski definition) is 6. The van der Waals surface area contributed by atoms with Crippen LogP contribution in [0.15, 0.2) is 47.3 Å². The third kappa shape index (κ3) is 2.74. The first kappa shape index (κ1) is 19.0. The molecule has 1 aromatic heterocycles. The van der Waals surface area contributed by atoms with Crippen molar-refractivity contribution in [2.24, 2.45) is 11.3 Å². The molecule has 0 amide bonds. The van der Waals surface area contributed by atoms with Gasteiger partial charge >= 0.3 is 5.97 Å². The van der Waals surface area contributed by atoms with Gasteiger partial charge < -0.3 is 23.7 Å². The van der Waals surface area contributed by atoms with E-state index in [9.17, 15) is 9.90 Å². The molecule has 4 rings (SSSR count). The van der Waals surface area contributed by atoms with E-state index in [1.165, 1.54) is 0 Å². The highest BCUT2D eigenvalue weighted by molar-refractivity contribution is 5.89. The van der Waals surface area contributed by atoms with E-state index in [-0.39, 0.29) is 5.92 Å². The van der Waals surface area contributed by atoms with Gasteiger partial charge in [0, 0.05) is 11.0 Å². The van der Waals surface area contributed by atoms with Crippen molar-refractivity contribution in [2.75, 3.05) is 7.11 Å². The Bertz CT molecular complexity index is 829. The number of aliphatic hydroxyl groups is 1. The number of hydrogen-bond donors (Lipinski definition) is 1. The quantitative estimate of drug-likeness (QED) is 0.797. The predicted molar refractivity (Wildman–Crippen MR) is 101 cm³/mol. The Labute approximate surface area is 164 Å². The number of fused-ring (bicyclic) bond motifs is 1. The van der Waals surface area contributed by atoms with Crippen LogP contribution in [0.3, 0.4) is 0 Å². The number of carbonyl (C=O) groups excluding carboxylic acids is 1. The molecule has 1 aromatic carbocycles. The first-order chi connectivity index (χ1) is 13.4. The van der Waals surface area contributed by atoms with E-state index < -0.39 is 29.4 Å². The number of rotatable bonds is 4. The van der Waals surface area contributed by atoms with Crippen LogP contribution in [0.25, 0.3) is 0 Å². The van der Waals surface area contributed by atoms with Crippen molar-refractivity contribution < 1.29 is 28.5 Å². The molecule has 150 valence electrons. The van der Waals surface area contributed by atoms with Gasteiger partial charge in [0.25, 0.3) is 0 Å². The molecule has 6 nitrogen and oxygen atoms in total. The van der Waals surface area contributed by atoms with Gasteiger partial charge in [-0.3, -0.25) is 0 Å². The fourth-order valence-electron chi connectivity index (χ4n) is 4.86. The van der Waals surface area contributed by atoms with Crippen molar-refractivity contribution in [1.29, 1.82) is 0 Å². The van der Waals surface area contributed by atoms with Gasteiger partial charge in [-0.2, -0.15) is 0 Å². The topological polar surface area (TPSA) is 78.1 Å². The Morgan fingerprint density at radius 3 is 2.64 bits per heavy atom. The Morgan fingerprint density at radius 2 is 2.00 bits per heavy atom. The molecule has 1 aliphatic heterocycles. The summed E-state index contributed by atoms with van der Waals surface area (Å²) in [5.74, 6) is 0.0478. The number of furan rings is 1. The second-order valence-electron chi connectivity index (χ2n) is 8.07. The Balaban J connectivity index is 1.64. The number of carbonyl (C=O) groups is 1. The Morgan fingerprint density at radius 1 is 1.25 bits per heavy atom. The van der Waals surface area contributed by atoms with Gasteiger partial charge in [0.15, 0.2) is 0 Å². The van der Waals surface area contributed by atoms with Crippen molar-refractivity contribution in [3.63, 3.8) is 0 Å². The van der Waals surface area contributed by atoms with E-state index in [4.69, 9.17) is 18.6 Å². The minimum atomic E-state index is -1.28. The normalized spacial score (nSPS) is 34.6. The van der Waals surface area contributed by atoms with Gasteiger partial charge in [0.1, 0.15) is 11.4 Å². The SMILES string of the molecule is COc1ccc(C(=O)O[C@@H]2O[C@@H](c3ccoc3)[C@]3(C)CCC[C@H](C)[C@@]23O)cc1. The maximum Gasteiger partial charge on any atom is 0.340 e. The summed E-state index contributed by atoms with van der Waals surface area (Å²) in [6.45, 7) is 4.01. The lowest BCUT2D eigenvalue weighted by atomic mass is 9.58. The number of esters is 1. The van der Waals surface area contributed by atoms with Crippen LogP contribution in [0.2, 0.25) is 0 Å². The van der Waals surface area contributed by atoms with E-state index in [1.54, 1.807) is 43.9 Å². The zero-order chi connectivity index (χ0) is 19.9. The summed E-state index contributed by atoms with van der Waals surface area (Å²) in [6, 6.07) is 8.50. The molecule has 0 radical (unpaired) electrons. The van der Waals surface area contributed by atoms with Crippen molar-refractivity contribution in [3.05, 3.63) is 54.0 Å². The minimum absolute atomic E-state index is 0.0724. The fourth-order valence-corrected chi connectivity index (χ4v) is 4.86. The Hall–Kier alpha value is -2.31. The third-order valence-corrected chi connectivity index (χ3v) is 6.58. The van der Waals surface area contributed by atoms with Gasteiger partial charge in [-0.15, -0.1) is 0 Å². The molecule has 6 heteroatoms. The van der Waals surface area contributed by atoms with Crippen LogP contribution in [0.1, 0.15) is 55.1 Å². The van der Waals surface area contributed by atoms with Crippen molar-refractivity contribution in [1.82, 2.24) is 0 Å². The van der Waals surface area contributed by atoms with Crippen LogP contribution < -0.4 is 4.74 Å². The maximum absolute atomic E-state index is 12.7. The molecule has 28 heavy (non-hydrogen) atoms. The fraction of sp³-hybridized carbons (Fsp3) is 0.500. The standard InChI is InChI=1S/C22H26O6/c1-14-5-4-11-21(2)18(16-10-12-26-13-16)27-20(22(14,21)24)28-19(23)15-6-8-17(25-3)9-7-15/h6-10,12-14,18,20,24H,4-5,11H2,1-3H3/t14-,18-,20-,21-,22+/m0/s1. The zero-order valence-electron chi connectivity index (χ0n) is 16.4. The first-order valence-electron chi connectivity index (χ1n) is 9.65. The molecular formula is C22H26O6. The molecule has 1 saturated carbocycles. The van der Waals surface area contributed by atoms with Gasteiger partial charge in [-0.05, 0) is 49.1 Å². The van der Waals surface area contributed by atoms with Gasteiger partial charge in [-0.25, -0.2) is 4.79 Å². The number of benzene rings is 1. The molecule has 0 spiro atoms. The van der Waals surface area contributed by atoms with Crippen LogP contribution in [0.5, 0.6) is 5.75 Å². The second kappa shape index (κ2) is 6.94. The minimum Gasteiger partial charge on any atom is -0.497 e. The zero-order valence-corrected chi connectivity index (χ0v) is 16.4. The van der Waals surface area contributed by atoms with E-state index in [0.717, 1.165) is 24.8 Å². The molecule has 2 aromatic rings. The average Bonchev–Trinajstić information content (AvgIpc) is 3.29. The maximum atomic E-state index is 12.7. The van der Waals surface area contributed by atoms with Crippen LogP contribution >= 0.6 is 0 Å². The molecule has 1 aliphatic carbocycles. The molecule has 2 fully saturated rings. The molecule has 2 heterocycles. The van der Waals surface area contributed by atoms with E-state index in [2.05, 4.69) is 0 Å². The van der Waals surface area contributed by atoms with E-state index in [0.29, 0.717) is 11.3 Å². The van der Waals surface area contributed by atoms with Gasteiger partial charge in [0.05, 0.1) is 31.3 Å². The monoisotopic (exact) mass is 386 g/mol. The summed E-state index contributed by atoms with van der Waals surface area (Å²) in [4.78, 5) is 12.7. The lowest BCUT2D eigenvalue weighted by Gasteiger charge is -2.49. The van der Waals surface area contributed by atoms with Gasteiger partial charge in [-0.1, -0.05) is 20.3 Å². The molecule has 1 N–H and O–H groups in total. The summed E-state index contributed by atoms with van der Waals surface area (Å²) < 4.78 is 22.3. The lowest BCUT2D eigenvalue weighted by Crippen LogP contribution is -2.58. The third-order valence-electron chi connectivity index (χ3n) is 6.58. The molecule has 2 aliphatic rings. The molecule has 0 unspecified atom stereocenters. The van der Waals surface area contributed by atoms with Crippen molar-refractivity contribution in [2.45, 2.75) is 51.1 Å². The van der Waals surface area contributed by atoms with Gasteiger partial charge in [0.2, 0.25) is 6.29 Å². The van der Waals surface area contributed by atoms with E-state index in [1.807, 2.05) is 19.9 Å². The van der Waals surface area contributed by atoms with Crippen molar-refractivity contribution in [3.8, 4) is 5.75 Å². The average molecular weight is 386 g/mol. The summed E-state index contributed by atoms with van der Waals surface area (Å²) in [5, 5.41) is 11.8. The number of methoxy groups -OCH3 is 1. The lowest BCUT2D eigenvalue weighted by molar-refractivity contribution is -0.209. The Kier molecular flexibility index (Phi) is 4.71.